The van der Waals surface area contributed by atoms with E-state index < -0.39 is 15.9 Å². The molecule has 3 N–H and O–H groups in total. The summed E-state index contributed by atoms with van der Waals surface area (Å²) < 4.78 is 2.86. The molecule has 1 amide bonds. The molecule has 0 saturated heterocycles. The average Bonchev–Trinajstić information content (AvgIpc) is 2.52. The van der Waals surface area contributed by atoms with Crippen molar-refractivity contribution in [1.82, 2.24) is 10.6 Å². The number of carbonyl (C=O) groups is 2. The summed E-state index contributed by atoms with van der Waals surface area (Å²) in [4.78, 5) is 23.6. The number of benzene rings is 1. The van der Waals surface area contributed by atoms with Gasteiger partial charge in [0.25, 0.3) is 0 Å². The maximum Gasteiger partial charge on any atom is 0.339 e. The zero-order valence-electron chi connectivity index (χ0n) is 13.7. The van der Waals surface area contributed by atoms with Crippen LogP contribution in [0.1, 0.15) is 24.2 Å². The monoisotopic (exact) mass is 425 g/mol. The molecule has 1 aromatic carbocycles. The normalized spacial score (nSPS) is 12.3. The van der Waals surface area contributed by atoms with Crippen LogP contribution in [0.3, 0.4) is 0 Å². The van der Waals surface area contributed by atoms with Crippen LogP contribution in [-0.2, 0) is 9.53 Å². The summed E-state index contributed by atoms with van der Waals surface area (Å²) in [5.41, 5.74) is 0.691. The van der Waals surface area contributed by atoms with E-state index in [1.54, 1.807) is 38.1 Å². The smallest absolute Gasteiger partial charge is 0.339 e. The van der Waals surface area contributed by atoms with Crippen LogP contribution in [0.4, 0.5) is 5.69 Å². The molecular formula is C15H18Cl3N3O3S. The molecule has 1 aromatic rings. The van der Waals surface area contributed by atoms with Gasteiger partial charge in [-0.15, -0.1) is 0 Å². The van der Waals surface area contributed by atoms with Crippen molar-refractivity contribution in [3.05, 3.63) is 29.8 Å². The third kappa shape index (κ3) is 6.86. The maximum absolute atomic E-state index is 11.9. The number of alkyl halides is 3. The molecule has 0 fully saturated rings. The van der Waals surface area contributed by atoms with E-state index in [9.17, 15) is 9.59 Å². The SMILES string of the molecule is COC(=O)c1ccccc1NC(=S)N[C@@H](NC(=O)C(C)C)C(Cl)(Cl)Cl. The molecule has 0 spiro atoms. The summed E-state index contributed by atoms with van der Waals surface area (Å²) in [5.74, 6) is -1.16. The minimum atomic E-state index is -1.85. The quantitative estimate of drug-likeness (QED) is 0.290. The van der Waals surface area contributed by atoms with Gasteiger partial charge in [-0.2, -0.15) is 0 Å². The summed E-state index contributed by atoms with van der Waals surface area (Å²) >= 11 is 22.9. The van der Waals surface area contributed by atoms with E-state index >= 15 is 0 Å². The summed E-state index contributed by atoms with van der Waals surface area (Å²) in [6, 6.07) is 6.60. The molecule has 1 rings (SSSR count). The van der Waals surface area contributed by atoms with E-state index in [-0.39, 0.29) is 22.5 Å². The van der Waals surface area contributed by atoms with Crippen molar-refractivity contribution in [2.45, 2.75) is 23.8 Å². The second kappa shape index (κ2) is 9.43. The van der Waals surface area contributed by atoms with Crippen molar-refractivity contribution >= 4 is 69.7 Å². The predicted molar refractivity (Wildman–Crippen MR) is 104 cm³/mol. The zero-order chi connectivity index (χ0) is 19.2. The Morgan fingerprint density at radius 1 is 1.16 bits per heavy atom. The van der Waals surface area contributed by atoms with E-state index in [1.807, 2.05) is 0 Å². The number of ether oxygens (including phenoxy) is 1. The van der Waals surface area contributed by atoms with E-state index in [0.717, 1.165) is 0 Å². The first-order chi connectivity index (χ1) is 11.6. The van der Waals surface area contributed by atoms with Crippen LogP contribution in [0.2, 0.25) is 0 Å². The molecule has 138 valence electrons. The Morgan fingerprint density at radius 2 is 1.76 bits per heavy atom. The van der Waals surface area contributed by atoms with Crippen molar-refractivity contribution < 1.29 is 14.3 Å². The van der Waals surface area contributed by atoms with Gasteiger partial charge in [-0.3, -0.25) is 4.79 Å². The Labute approximate surface area is 166 Å². The van der Waals surface area contributed by atoms with Crippen LogP contribution in [0.15, 0.2) is 24.3 Å². The second-order valence-corrected chi connectivity index (χ2v) is 8.05. The Hall–Kier alpha value is -1.28. The number of esters is 1. The van der Waals surface area contributed by atoms with Gasteiger partial charge < -0.3 is 20.7 Å². The summed E-state index contributed by atoms with van der Waals surface area (Å²) in [6.45, 7) is 3.40. The zero-order valence-corrected chi connectivity index (χ0v) is 16.8. The third-order valence-electron chi connectivity index (χ3n) is 2.99. The average molecular weight is 427 g/mol. The van der Waals surface area contributed by atoms with Gasteiger partial charge in [0.05, 0.1) is 18.4 Å². The molecule has 10 heteroatoms. The number of halogens is 3. The largest absolute Gasteiger partial charge is 0.465 e. The Balaban J connectivity index is 2.89. The summed E-state index contributed by atoms with van der Waals surface area (Å²) in [6.07, 6.45) is -1.07. The highest BCUT2D eigenvalue weighted by Crippen LogP contribution is 2.29. The molecule has 0 bridgehead atoms. The minimum Gasteiger partial charge on any atom is -0.465 e. The Kier molecular flexibility index (Phi) is 8.21. The molecule has 0 radical (unpaired) electrons. The van der Waals surface area contributed by atoms with Crippen LogP contribution < -0.4 is 16.0 Å². The molecule has 0 heterocycles. The number of hydrogen-bond acceptors (Lipinski definition) is 4. The summed E-state index contributed by atoms with van der Waals surface area (Å²) in [7, 11) is 1.27. The fourth-order valence-corrected chi connectivity index (χ4v) is 2.23. The van der Waals surface area contributed by atoms with Crippen molar-refractivity contribution in [2.24, 2.45) is 5.92 Å². The first kappa shape index (κ1) is 21.8. The van der Waals surface area contributed by atoms with Gasteiger partial charge in [0.2, 0.25) is 9.70 Å². The third-order valence-corrected chi connectivity index (χ3v) is 3.87. The number of nitrogens with one attached hydrogen (secondary N) is 3. The number of hydrogen-bond donors (Lipinski definition) is 3. The molecule has 0 aliphatic heterocycles. The van der Waals surface area contributed by atoms with Gasteiger partial charge in [-0.05, 0) is 24.4 Å². The van der Waals surface area contributed by atoms with Gasteiger partial charge in [-0.25, -0.2) is 4.79 Å². The van der Waals surface area contributed by atoms with Crippen molar-refractivity contribution in [2.75, 3.05) is 12.4 Å². The standard InChI is InChI=1S/C15H18Cl3N3O3S/c1-8(2)11(22)20-13(15(16,17)18)21-14(25)19-10-7-5-4-6-9(10)12(23)24-3/h4-8,13H,1-3H3,(H,20,22)(H2,19,21,25)/t13-/m1/s1. The first-order valence-corrected chi connectivity index (χ1v) is 8.72. The topological polar surface area (TPSA) is 79.5 Å². The number of amides is 1. The van der Waals surface area contributed by atoms with Crippen LogP contribution in [0.5, 0.6) is 0 Å². The molecular weight excluding hydrogens is 409 g/mol. The van der Waals surface area contributed by atoms with Gasteiger partial charge in [0.15, 0.2) is 5.11 Å². The van der Waals surface area contributed by atoms with Gasteiger partial charge >= 0.3 is 5.97 Å². The lowest BCUT2D eigenvalue weighted by atomic mass is 10.2. The molecule has 0 saturated carbocycles. The molecule has 25 heavy (non-hydrogen) atoms. The van der Waals surface area contributed by atoms with E-state index in [1.165, 1.54) is 7.11 Å². The highest BCUT2D eigenvalue weighted by Gasteiger charge is 2.35. The predicted octanol–water partition coefficient (Wildman–Crippen LogP) is 3.23. The molecule has 0 aliphatic rings. The number of carbonyl (C=O) groups excluding carboxylic acids is 2. The highest BCUT2D eigenvalue weighted by molar-refractivity contribution is 7.80. The second-order valence-electron chi connectivity index (χ2n) is 5.27. The van der Waals surface area contributed by atoms with Gasteiger partial charge in [0, 0.05) is 5.92 Å². The maximum atomic E-state index is 11.9. The van der Waals surface area contributed by atoms with E-state index in [2.05, 4.69) is 16.0 Å². The summed E-state index contributed by atoms with van der Waals surface area (Å²) in [5, 5.41) is 8.15. The van der Waals surface area contributed by atoms with Crippen LogP contribution >= 0.6 is 47.0 Å². The number of para-hydroxylation sites is 1. The fraction of sp³-hybridized carbons (Fsp3) is 0.400. The Bertz CT molecular complexity index is 650. The number of rotatable bonds is 5. The molecule has 1 atom stereocenters. The van der Waals surface area contributed by atoms with Crippen LogP contribution in [0, 0.1) is 5.92 Å². The molecule has 6 nitrogen and oxygen atoms in total. The van der Waals surface area contributed by atoms with E-state index in [4.69, 9.17) is 51.8 Å². The number of anilines is 1. The molecule has 0 unspecified atom stereocenters. The number of methoxy groups -OCH3 is 1. The van der Waals surface area contributed by atoms with Crippen LogP contribution in [0.25, 0.3) is 0 Å². The lowest BCUT2D eigenvalue weighted by Crippen LogP contribution is -2.56. The Morgan fingerprint density at radius 3 is 2.28 bits per heavy atom. The number of thiocarbonyl (C=S) groups is 1. The van der Waals surface area contributed by atoms with Gasteiger partial charge in [0.1, 0.15) is 6.17 Å². The van der Waals surface area contributed by atoms with E-state index in [0.29, 0.717) is 5.69 Å². The molecule has 0 aliphatic carbocycles. The fourth-order valence-electron chi connectivity index (χ4n) is 1.68. The lowest BCUT2D eigenvalue weighted by Gasteiger charge is -2.28. The minimum absolute atomic E-state index is 0.0525. The molecule has 0 aromatic heterocycles. The van der Waals surface area contributed by atoms with Crippen molar-refractivity contribution in [3.63, 3.8) is 0 Å². The first-order valence-electron chi connectivity index (χ1n) is 7.18. The van der Waals surface area contributed by atoms with Crippen molar-refractivity contribution in [1.29, 1.82) is 0 Å². The van der Waals surface area contributed by atoms with Gasteiger partial charge in [-0.1, -0.05) is 60.8 Å². The van der Waals surface area contributed by atoms with Crippen molar-refractivity contribution in [3.8, 4) is 0 Å². The lowest BCUT2D eigenvalue weighted by molar-refractivity contribution is -0.124. The highest BCUT2D eigenvalue weighted by atomic mass is 35.6. The van der Waals surface area contributed by atoms with Crippen LogP contribution in [-0.4, -0.2) is 34.1 Å².